The second kappa shape index (κ2) is 8.54. The van der Waals surface area contributed by atoms with Crippen LogP contribution in [0.15, 0.2) is 42.5 Å². The lowest BCUT2D eigenvalue weighted by Gasteiger charge is -2.22. The van der Waals surface area contributed by atoms with E-state index in [2.05, 4.69) is 0 Å². The Labute approximate surface area is 174 Å². The molecular formula is C22H23NO7. The number of fused-ring (bicyclic) bond motifs is 1. The average Bonchev–Trinajstić information content (AvgIpc) is 2.95. The molecule has 2 aromatic rings. The van der Waals surface area contributed by atoms with Gasteiger partial charge in [-0.05, 0) is 25.1 Å². The molecule has 1 aliphatic heterocycles. The van der Waals surface area contributed by atoms with Gasteiger partial charge in [0.2, 0.25) is 0 Å². The Morgan fingerprint density at radius 2 is 1.83 bits per heavy atom. The molecule has 0 radical (unpaired) electrons. The molecule has 1 unspecified atom stereocenters. The van der Waals surface area contributed by atoms with Crippen LogP contribution in [0.3, 0.4) is 0 Å². The minimum atomic E-state index is -2.11. The van der Waals surface area contributed by atoms with E-state index in [4.69, 9.17) is 14.2 Å². The smallest absolute Gasteiger partial charge is 0.326 e. The summed E-state index contributed by atoms with van der Waals surface area (Å²) < 4.78 is 15.3. The number of para-hydroxylation sites is 1. The number of hydrogen-bond acceptors (Lipinski definition) is 7. The molecule has 1 atom stereocenters. The zero-order valence-electron chi connectivity index (χ0n) is 17.0. The van der Waals surface area contributed by atoms with Gasteiger partial charge in [0.05, 0.1) is 38.5 Å². The van der Waals surface area contributed by atoms with E-state index in [-0.39, 0.29) is 30.0 Å². The molecule has 0 fully saturated rings. The molecule has 0 spiro atoms. The van der Waals surface area contributed by atoms with Crippen LogP contribution in [-0.4, -0.2) is 50.1 Å². The zero-order valence-corrected chi connectivity index (χ0v) is 17.0. The summed E-state index contributed by atoms with van der Waals surface area (Å²) in [6.45, 7) is 1.48. The van der Waals surface area contributed by atoms with Gasteiger partial charge >= 0.3 is 5.97 Å². The third kappa shape index (κ3) is 3.73. The SMILES string of the molecule is CCOC(=O)CN1C(=O)C(O)(CC(=O)c2ccc(OC)cc2OC)c2ccccc21. The lowest BCUT2D eigenvalue weighted by molar-refractivity contribution is -0.144. The summed E-state index contributed by atoms with van der Waals surface area (Å²) in [6.07, 6.45) is -0.509. The van der Waals surface area contributed by atoms with E-state index in [1.165, 1.54) is 20.3 Å². The van der Waals surface area contributed by atoms with Crippen molar-refractivity contribution in [2.45, 2.75) is 18.9 Å². The van der Waals surface area contributed by atoms with Gasteiger partial charge in [0.25, 0.3) is 5.91 Å². The molecule has 3 rings (SSSR count). The highest BCUT2D eigenvalue weighted by molar-refractivity contribution is 6.12. The molecule has 0 bridgehead atoms. The van der Waals surface area contributed by atoms with Crippen LogP contribution in [0.5, 0.6) is 11.5 Å². The predicted molar refractivity (Wildman–Crippen MR) is 108 cm³/mol. The first kappa shape index (κ1) is 21.3. The van der Waals surface area contributed by atoms with Crippen LogP contribution < -0.4 is 14.4 Å². The maximum absolute atomic E-state index is 13.1. The number of anilines is 1. The van der Waals surface area contributed by atoms with Gasteiger partial charge in [-0.3, -0.25) is 19.3 Å². The first-order valence-corrected chi connectivity index (χ1v) is 9.40. The minimum Gasteiger partial charge on any atom is -0.497 e. The summed E-state index contributed by atoms with van der Waals surface area (Å²) in [5.74, 6) is -1.07. The second-order valence-corrected chi connectivity index (χ2v) is 6.74. The molecular weight excluding hydrogens is 390 g/mol. The number of aliphatic hydroxyl groups is 1. The summed E-state index contributed by atoms with van der Waals surface area (Å²) in [4.78, 5) is 39.2. The van der Waals surface area contributed by atoms with Crippen molar-refractivity contribution in [3.05, 3.63) is 53.6 Å². The number of amides is 1. The Bertz CT molecular complexity index is 987. The Morgan fingerprint density at radius 1 is 1.10 bits per heavy atom. The van der Waals surface area contributed by atoms with Gasteiger partial charge in [-0.15, -0.1) is 0 Å². The molecule has 2 aromatic carbocycles. The number of Topliss-reactive ketones (excluding diaryl/α,β-unsaturated/α-hetero) is 1. The Morgan fingerprint density at radius 3 is 2.50 bits per heavy atom. The summed E-state index contributed by atoms with van der Waals surface area (Å²) in [5.41, 5.74) is -1.26. The molecule has 30 heavy (non-hydrogen) atoms. The number of ether oxygens (including phenoxy) is 3. The number of carbonyl (C=O) groups excluding carboxylic acids is 3. The highest BCUT2D eigenvalue weighted by Gasteiger charge is 2.51. The van der Waals surface area contributed by atoms with Crippen molar-refractivity contribution >= 4 is 23.3 Å². The van der Waals surface area contributed by atoms with Crippen LogP contribution in [0, 0.1) is 0 Å². The topological polar surface area (TPSA) is 102 Å². The molecule has 0 saturated carbocycles. The Balaban J connectivity index is 1.94. The van der Waals surface area contributed by atoms with E-state index >= 15 is 0 Å². The number of rotatable bonds is 8. The van der Waals surface area contributed by atoms with E-state index < -0.39 is 29.7 Å². The zero-order chi connectivity index (χ0) is 21.9. The summed E-state index contributed by atoms with van der Waals surface area (Å²) >= 11 is 0. The van der Waals surface area contributed by atoms with Crippen LogP contribution in [0.25, 0.3) is 0 Å². The molecule has 8 nitrogen and oxygen atoms in total. The molecule has 158 valence electrons. The van der Waals surface area contributed by atoms with Crippen molar-refractivity contribution in [1.29, 1.82) is 0 Å². The quantitative estimate of drug-likeness (QED) is 0.522. The van der Waals surface area contributed by atoms with Crippen molar-refractivity contribution < 1.29 is 33.7 Å². The monoisotopic (exact) mass is 413 g/mol. The minimum absolute atomic E-state index is 0.169. The lowest BCUT2D eigenvalue weighted by atomic mass is 9.88. The number of carbonyl (C=O) groups is 3. The molecule has 0 saturated heterocycles. The predicted octanol–water partition coefficient (Wildman–Crippen LogP) is 2.07. The van der Waals surface area contributed by atoms with Gasteiger partial charge in [-0.25, -0.2) is 0 Å². The fraction of sp³-hybridized carbons (Fsp3) is 0.318. The van der Waals surface area contributed by atoms with Gasteiger partial charge in [0.15, 0.2) is 11.4 Å². The van der Waals surface area contributed by atoms with E-state index in [0.717, 1.165) is 4.90 Å². The fourth-order valence-corrected chi connectivity index (χ4v) is 3.53. The van der Waals surface area contributed by atoms with Crippen molar-refractivity contribution in [2.75, 3.05) is 32.3 Å². The van der Waals surface area contributed by atoms with E-state index in [1.807, 2.05) is 0 Å². The van der Waals surface area contributed by atoms with Crippen LogP contribution in [-0.2, 0) is 19.9 Å². The van der Waals surface area contributed by atoms with Gasteiger partial charge < -0.3 is 19.3 Å². The number of hydrogen-bond donors (Lipinski definition) is 1. The third-order valence-corrected chi connectivity index (χ3v) is 4.96. The summed E-state index contributed by atoms with van der Waals surface area (Å²) in [5, 5.41) is 11.3. The summed E-state index contributed by atoms with van der Waals surface area (Å²) in [6, 6.07) is 11.2. The third-order valence-electron chi connectivity index (χ3n) is 4.96. The molecule has 1 N–H and O–H groups in total. The molecule has 0 aromatic heterocycles. The normalized spacial score (nSPS) is 17.5. The van der Waals surface area contributed by atoms with E-state index in [0.29, 0.717) is 11.4 Å². The van der Waals surface area contributed by atoms with Crippen LogP contribution in [0.2, 0.25) is 0 Å². The summed E-state index contributed by atoms with van der Waals surface area (Å²) in [7, 11) is 2.91. The number of esters is 1. The fourth-order valence-electron chi connectivity index (χ4n) is 3.53. The highest BCUT2D eigenvalue weighted by Crippen LogP contribution is 2.43. The Hall–Kier alpha value is -3.39. The van der Waals surface area contributed by atoms with Crippen molar-refractivity contribution in [2.24, 2.45) is 0 Å². The van der Waals surface area contributed by atoms with Gasteiger partial charge in [-0.1, -0.05) is 18.2 Å². The first-order chi connectivity index (χ1) is 14.3. The number of methoxy groups -OCH3 is 2. The highest BCUT2D eigenvalue weighted by atomic mass is 16.5. The largest absolute Gasteiger partial charge is 0.497 e. The van der Waals surface area contributed by atoms with E-state index in [9.17, 15) is 19.5 Å². The average molecular weight is 413 g/mol. The number of nitrogens with zero attached hydrogens (tertiary/aromatic N) is 1. The van der Waals surface area contributed by atoms with Gasteiger partial charge in [-0.2, -0.15) is 0 Å². The first-order valence-electron chi connectivity index (χ1n) is 9.40. The van der Waals surface area contributed by atoms with Crippen LogP contribution in [0.4, 0.5) is 5.69 Å². The Kier molecular flexibility index (Phi) is 6.07. The standard InChI is InChI=1S/C22H23NO7/c1-4-30-20(25)13-23-17-8-6-5-7-16(17)22(27,21(23)26)12-18(24)15-10-9-14(28-2)11-19(15)29-3/h5-11,27H,4,12-13H2,1-3H3. The molecule has 8 heteroatoms. The number of ketones is 1. The van der Waals surface area contributed by atoms with Gasteiger partial charge in [0, 0.05) is 11.6 Å². The lowest BCUT2D eigenvalue weighted by Crippen LogP contribution is -2.44. The van der Waals surface area contributed by atoms with E-state index in [1.54, 1.807) is 43.3 Å². The van der Waals surface area contributed by atoms with Crippen LogP contribution in [0.1, 0.15) is 29.3 Å². The van der Waals surface area contributed by atoms with Crippen molar-refractivity contribution in [3.63, 3.8) is 0 Å². The van der Waals surface area contributed by atoms with Gasteiger partial charge in [0.1, 0.15) is 18.0 Å². The second-order valence-electron chi connectivity index (χ2n) is 6.74. The van der Waals surface area contributed by atoms with Crippen LogP contribution >= 0.6 is 0 Å². The molecule has 1 amide bonds. The molecule has 1 aliphatic rings. The maximum Gasteiger partial charge on any atom is 0.326 e. The maximum atomic E-state index is 13.1. The number of benzene rings is 2. The van der Waals surface area contributed by atoms with Crippen molar-refractivity contribution in [1.82, 2.24) is 0 Å². The van der Waals surface area contributed by atoms with Crippen molar-refractivity contribution in [3.8, 4) is 11.5 Å². The molecule has 0 aliphatic carbocycles. The molecule has 1 heterocycles.